The van der Waals surface area contributed by atoms with E-state index < -0.39 is 0 Å². The summed E-state index contributed by atoms with van der Waals surface area (Å²) in [6.45, 7) is 7.21. The molecule has 0 radical (unpaired) electrons. The van der Waals surface area contributed by atoms with E-state index >= 15 is 0 Å². The van der Waals surface area contributed by atoms with Crippen LogP contribution in [0.25, 0.3) is 0 Å². The largest absolute Gasteiger partial charge is 0.454 e. The van der Waals surface area contributed by atoms with Gasteiger partial charge in [0.15, 0.2) is 17.5 Å². The molecule has 0 aliphatic carbocycles. The molecule has 0 aromatic heterocycles. The molecule has 0 saturated carbocycles. The van der Waals surface area contributed by atoms with Gasteiger partial charge in [-0.05, 0) is 49.4 Å². The number of hydrogen-bond donors (Lipinski definition) is 3. The molecule has 1 saturated heterocycles. The number of amides is 1. The zero-order valence-corrected chi connectivity index (χ0v) is 16.5. The topological polar surface area (TPSA) is 80.2 Å². The molecule has 0 bridgehead atoms. The summed E-state index contributed by atoms with van der Waals surface area (Å²) in [7, 11) is 0. The maximum atomic E-state index is 12.6. The van der Waals surface area contributed by atoms with Crippen LogP contribution < -0.4 is 24.6 Å². The highest BCUT2D eigenvalue weighted by atomic mass is 16.7. The summed E-state index contributed by atoms with van der Waals surface area (Å²) >= 11 is 0. The lowest BCUT2D eigenvalue weighted by Crippen LogP contribution is -3.29. The third kappa shape index (κ3) is 4.50. The summed E-state index contributed by atoms with van der Waals surface area (Å²) < 4.78 is 10.8. The molecule has 3 N–H and O–H groups in total. The van der Waals surface area contributed by atoms with Crippen molar-refractivity contribution in [3.05, 3.63) is 53.6 Å². The molecule has 1 atom stereocenters. The van der Waals surface area contributed by atoms with Gasteiger partial charge in [-0.15, -0.1) is 0 Å². The van der Waals surface area contributed by atoms with Gasteiger partial charge in [0, 0.05) is 11.3 Å². The molecule has 1 amide bonds. The summed E-state index contributed by atoms with van der Waals surface area (Å²) in [5.41, 5.74) is 2.56. The van der Waals surface area contributed by atoms with Crippen molar-refractivity contribution in [1.29, 1.82) is 5.26 Å². The summed E-state index contributed by atoms with van der Waals surface area (Å²) in [5.74, 6) is 1.67. The lowest BCUT2D eigenvalue weighted by Gasteiger charge is -2.32. The SMILES string of the molecule is C[C@@H](C(=O)Nc1ccc(C#N)cc1)[NH+]1CC[NH+](Cc2ccc3c(c2)OCO3)CC1. The first-order valence-electron chi connectivity index (χ1n) is 10.00. The molecule has 2 aromatic carbocycles. The van der Waals surface area contributed by atoms with E-state index in [0.717, 1.165) is 49.9 Å². The van der Waals surface area contributed by atoms with Crippen LogP contribution in [0.4, 0.5) is 5.69 Å². The second kappa shape index (κ2) is 8.52. The smallest absolute Gasteiger partial charge is 0.282 e. The summed E-state index contributed by atoms with van der Waals surface area (Å²) in [6.07, 6.45) is 0. The molecular weight excluding hydrogens is 368 g/mol. The van der Waals surface area contributed by atoms with Crippen molar-refractivity contribution >= 4 is 11.6 Å². The van der Waals surface area contributed by atoms with E-state index in [4.69, 9.17) is 14.7 Å². The van der Waals surface area contributed by atoms with Gasteiger partial charge in [-0.2, -0.15) is 5.26 Å². The zero-order valence-electron chi connectivity index (χ0n) is 16.5. The van der Waals surface area contributed by atoms with E-state index in [0.29, 0.717) is 12.4 Å². The third-order valence-corrected chi connectivity index (χ3v) is 5.78. The van der Waals surface area contributed by atoms with Crippen molar-refractivity contribution in [3.8, 4) is 17.6 Å². The van der Waals surface area contributed by atoms with Crippen molar-refractivity contribution < 1.29 is 24.1 Å². The number of carbonyl (C=O) groups excluding carboxylic acids is 1. The number of benzene rings is 2. The monoisotopic (exact) mass is 394 g/mol. The van der Waals surface area contributed by atoms with Gasteiger partial charge in [-0.3, -0.25) is 4.79 Å². The molecule has 4 rings (SSSR count). The number of fused-ring (bicyclic) bond motifs is 1. The Labute approximate surface area is 170 Å². The number of carbonyl (C=O) groups is 1. The van der Waals surface area contributed by atoms with Gasteiger partial charge in [0.2, 0.25) is 6.79 Å². The van der Waals surface area contributed by atoms with Crippen LogP contribution >= 0.6 is 0 Å². The fourth-order valence-corrected chi connectivity index (χ4v) is 3.94. The number of anilines is 1. The predicted octanol–water partition coefficient (Wildman–Crippen LogP) is -0.402. The number of nitrogens with one attached hydrogen (secondary N) is 3. The normalized spacial score (nSPS) is 21.2. The summed E-state index contributed by atoms with van der Waals surface area (Å²) in [4.78, 5) is 15.4. The fourth-order valence-electron chi connectivity index (χ4n) is 3.94. The Hall–Kier alpha value is -3.08. The Bertz CT molecular complexity index is 915. The van der Waals surface area contributed by atoms with Crippen LogP contribution in [-0.2, 0) is 11.3 Å². The maximum Gasteiger partial charge on any atom is 0.282 e. The summed E-state index contributed by atoms with van der Waals surface area (Å²) in [6, 6.07) is 15.1. The van der Waals surface area contributed by atoms with Gasteiger partial charge in [0.1, 0.15) is 32.7 Å². The lowest BCUT2D eigenvalue weighted by atomic mass is 10.1. The Kier molecular flexibility index (Phi) is 5.65. The second-order valence-electron chi connectivity index (χ2n) is 7.67. The molecule has 2 aliphatic heterocycles. The highest BCUT2D eigenvalue weighted by molar-refractivity contribution is 5.93. The number of hydrogen-bond acceptors (Lipinski definition) is 4. The van der Waals surface area contributed by atoms with Crippen LogP contribution in [0.5, 0.6) is 11.5 Å². The molecule has 2 aliphatic rings. The summed E-state index contributed by atoms with van der Waals surface area (Å²) in [5, 5.41) is 11.8. The van der Waals surface area contributed by atoms with Gasteiger partial charge in [-0.25, -0.2) is 0 Å². The average molecular weight is 394 g/mol. The number of quaternary nitrogens is 2. The Morgan fingerprint density at radius 1 is 1.10 bits per heavy atom. The van der Waals surface area contributed by atoms with Gasteiger partial charge in [-0.1, -0.05) is 0 Å². The minimum atomic E-state index is -0.113. The average Bonchev–Trinajstić information content (AvgIpc) is 3.22. The number of nitrogens with zero attached hydrogens (tertiary/aromatic N) is 1. The minimum absolute atomic E-state index is 0.0175. The van der Waals surface area contributed by atoms with Crippen molar-refractivity contribution in [2.75, 3.05) is 38.3 Å². The minimum Gasteiger partial charge on any atom is -0.454 e. The van der Waals surface area contributed by atoms with Crippen molar-refractivity contribution in [2.24, 2.45) is 0 Å². The van der Waals surface area contributed by atoms with Crippen LogP contribution in [0.2, 0.25) is 0 Å². The molecule has 0 spiro atoms. The Morgan fingerprint density at radius 3 is 2.55 bits per heavy atom. The molecule has 29 heavy (non-hydrogen) atoms. The second-order valence-corrected chi connectivity index (χ2v) is 7.67. The molecule has 1 fully saturated rings. The van der Waals surface area contributed by atoms with E-state index in [-0.39, 0.29) is 11.9 Å². The van der Waals surface area contributed by atoms with Crippen LogP contribution in [0, 0.1) is 11.3 Å². The number of nitriles is 1. The lowest BCUT2D eigenvalue weighted by molar-refractivity contribution is -1.02. The predicted molar refractivity (Wildman–Crippen MR) is 107 cm³/mol. The molecular formula is C22H26N4O3+2. The van der Waals surface area contributed by atoms with Crippen molar-refractivity contribution in [1.82, 2.24) is 0 Å². The van der Waals surface area contributed by atoms with E-state index in [1.807, 2.05) is 13.0 Å². The number of ether oxygens (including phenoxy) is 2. The molecule has 7 nitrogen and oxygen atoms in total. The highest BCUT2D eigenvalue weighted by Gasteiger charge is 2.31. The van der Waals surface area contributed by atoms with Crippen LogP contribution in [0.1, 0.15) is 18.1 Å². The molecule has 150 valence electrons. The van der Waals surface area contributed by atoms with E-state index in [1.165, 1.54) is 15.4 Å². The Balaban J connectivity index is 1.27. The molecule has 7 heteroatoms. The van der Waals surface area contributed by atoms with Gasteiger partial charge >= 0.3 is 0 Å². The van der Waals surface area contributed by atoms with Crippen molar-refractivity contribution in [3.63, 3.8) is 0 Å². The third-order valence-electron chi connectivity index (χ3n) is 5.78. The zero-order chi connectivity index (χ0) is 20.2. The molecule has 2 aromatic rings. The van der Waals surface area contributed by atoms with Crippen LogP contribution in [-0.4, -0.2) is 44.9 Å². The maximum absolute atomic E-state index is 12.6. The number of rotatable bonds is 5. The van der Waals surface area contributed by atoms with Crippen LogP contribution in [0.3, 0.4) is 0 Å². The van der Waals surface area contributed by atoms with Crippen molar-refractivity contribution in [2.45, 2.75) is 19.5 Å². The van der Waals surface area contributed by atoms with E-state index in [9.17, 15) is 4.79 Å². The first-order chi connectivity index (χ1) is 14.1. The highest BCUT2D eigenvalue weighted by Crippen LogP contribution is 2.32. The first-order valence-corrected chi connectivity index (χ1v) is 10.00. The Morgan fingerprint density at radius 2 is 1.83 bits per heavy atom. The quantitative estimate of drug-likeness (QED) is 0.645. The molecule has 0 unspecified atom stereocenters. The standard InChI is InChI=1S/C22H24N4O3/c1-16(22(27)24-19-5-2-17(13-23)3-6-19)26-10-8-25(9-11-26)14-18-4-7-20-21(12-18)29-15-28-20/h2-7,12,16H,8-11,14-15H2,1H3,(H,24,27)/p+2/t16-/m0/s1. The van der Waals surface area contributed by atoms with E-state index in [2.05, 4.69) is 23.5 Å². The number of piperazine rings is 1. The van der Waals surface area contributed by atoms with Gasteiger partial charge in [0.25, 0.3) is 5.91 Å². The fraction of sp³-hybridized carbons (Fsp3) is 0.364. The first kappa shape index (κ1) is 19.2. The molecule has 2 heterocycles. The van der Waals surface area contributed by atoms with Crippen LogP contribution in [0.15, 0.2) is 42.5 Å². The van der Waals surface area contributed by atoms with Gasteiger partial charge < -0.3 is 24.6 Å². The van der Waals surface area contributed by atoms with E-state index in [1.54, 1.807) is 24.3 Å². The van der Waals surface area contributed by atoms with Gasteiger partial charge in [0.05, 0.1) is 11.6 Å².